The second kappa shape index (κ2) is 5.15. The third-order valence-corrected chi connectivity index (χ3v) is 6.39. The summed E-state index contributed by atoms with van der Waals surface area (Å²) in [6.07, 6.45) is 10.8. The minimum atomic E-state index is 0.184. The molecule has 2 nitrogen and oxygen atoms in total. The highest BCUT2D eigenvalue weighted by molar-refractivity contribution is 5.62. The van der Waals surface area contributed by atoms with Crippen molar-refractivity contribution in [3.05, 3.63) is 53.4 Å². The molecular weight excluding hydrogens is 280 g/mol. The predicted octanol–water partition coefficient (Wildman–Crippen LogP) is 5.21. The van der Waals surface area contributed by atoms with E-state index in [0.29, 0.717) is 6.17 Å². The van der Waals surface area contributed by atoms with E-state index in [1.54, 1.807) is 0 Å². The van der Waals surface area contributed by atoms with E-state index in [1.165, 1.54) is 48.3 Å². The molecule has 122 valence electrons. The van der Waals surface area contributed by atoms with Crippen molar-refractivity contribution in [2.75, 3.05) is 4.90 Å². The van der Waals surface area contributed by atoms with Crippen LogP contribution in [0.25, 0.3) is 0 Å². The Bertz CT molecular complexity index is 681. The van der Waals surface area contributed by atoms with Crippen LogP contribution in [-0.2, 0) is 0 Å². The SMILES string of the molecule is CC1=C2C=CC(C)(C3CCCC3)N2C(C)N1c1ccccc1C. The minimum absolute atomic E-state index is 0.184. The largest absolute Gasteiger partial charge is 0.340 e. The van der Waals surface area contributed by atoms with E-state index in [1.807, 2.05) is 0 Å². The van der Waals surface area contributed by atoms with Crippen molar-refractivity contribution >= 4 is 5.69 Å². The molecule has 0 N–H and O–H groups in total. The van der Waals surface area contributed by atoms with Gasteiger partial charge in [0.1, 0.15) is 6.17 Å². The number of allylic oxidation sites excluding steroid dienone is 2. The molecule has 1 saturated carbocycles. The topological polar surface area (TPSA) is 6.48 Å². The third kappa shape index (κ3) is 2.00. The fourth-order valence-corrected chi connectivity index (χ4v) is 5.14. The average Bonchev–Trinajstić information content (AvgIpc) is 3.22. The van der Waals surface area contributed by atoms with Crippen molar-refractivity contribution in [1.82, 2.24) is 4.90 Å². The van der Waals surface area contributed by atoms with Crippen molar-refractivity contribution in [3.8, 4) is 0 Å². The van der Waals surface area contributed by atoms with Crippen LogP contribution in [0.1, 0.15) is 52.0 Å². The van der Waals surface area contributed by atoms with E-state index in [9.17, 15) is 0 Å². The fraction of sp³-hybridized carbons (Fsp3) is 0.524. The van der Waals surface area contributed by atoms with Crippen LogP contribution in [0.4, 0.5) is 5.69 Å². The molecule has 2 unspecified atom stereocenters. The third-order valence-electron chi connectivity index (χ3n) is 6.39. The van der Waals surface area contributed by atoms with Crippen molar-refractivity contribution in [2.24, 2.45) is 5.92 Å². The van der Waals surface area contributed by atoms with Gasteiger partial charge in [0.15, 0.2) is 0 Å². The zero-order valence-electron chi connectivity index (χ0n) is 14.8. The zero-order valence-corrected chi connectivity index (χ0v) is 14.8. The van der Waals surface area contributed by atoms with Crippen LogP contribution in [0.2, 0.25) is 0 Å². The summed E-state index contributed by atoms with van der Waals surface area (Å²) in [6, 6.07) is 8.76. The lowest BCUT2D eigenvalue weighted by Gasteiger charge is -2.44. The van der Waals surface area contributed by atoms with E-state index < -0.39 is 0 Å². The number of benzene rings is 1. The summed E-state index contributed by atoms with van der Waals surface area (Å²) < 4.78 is 0. The van der Waals surface area contributed by atoms with Crippen molar-refractivity contribution in [1.29, 1.82) is 0 Å². The highest BCUT2D eigenvalue weighted by Gasteiger charge is 2.49. The second-order valence-electron chi connectivity index (χ2n) is 7.67. The Morgan fingerprint density at radius 1 is 1.09 bits per heavy atom. The fourth-order valence-electron chi connectivity index (χ4n) is 5.14. The second-order valence-corrected chi connectivity index (χ2v) is 7.67. The molecule has 0 amide bonds. The molecule has 0 spiro atoms. The molecule has 1 aromatic rings. The number of anilines is 1. The van der Waals surface area contributed by atoms with Gasteiger partial charge in [-0.2, -0.15) is 0 Å². The van der Waals surface area contributed by atoms with E-state index >= 15 is 0 Å². The van der Waals surface area contributed by atoms with E-state index in [-0.39, 0.29) is 5.54 Å². The number of aryl methyl sites for hydroxylation is 1. The molecule has 3 aliphatic rings. The van der Waals surface area contributed by atoms with Crippen LogP contribution < -0.4 is 4.90 Å². The number of para-hydroxylation sites is 1. The maximum Gasteiger partial charge on any atom is 0.104 e. The summed E-state index contributed by atoms with van der Waals surface area (Å²) in [6.45, 7) is 9.32. The number of fused-ring (bicyclic) bond motifs is 1. The standard InChI is InChI=1S/C21H28N2/c1-15-9-5-8-12-19(15)22-16(2)20-13-14-21(4,23(20)17(22)3)18-10-6-7-11-18/h5,8-9,12-14,17-18H,6-7,10-11H2,1-4H3. The lowest BCUT2D eigenvalue weighted by atomic mass is 9.83. The molecule has 0 bridgehead atoms. The molecule has 2 atom stereocenters. The Hall–Kier alpha value is -1.70. The summed E-state index contributed by atoms with van der Waals surface area (Å²) in [7, 11) is 0. The number of nitrogens with zero attached hydrogens (tertiary/aromatic N) is 2. The highest BCUT2D eigenvalue weighted by atomic mass is 15.4. The smallest absolute Gasteiger partial charge is 0.104 e. The van der Waals surface area contributed by atoms with Gasteiger partial charge in [0.2, 0.25) is 0 Å². The molecule has 1 aliphatic carbocycles. The molecule has 0 saturated heterocycles. The maximum atomic E-state index is 2.69. The first-order valence-electron chi connectivity index (χ1n) is 9.08. The van der Waals surface area contributed by atoms with E-state index in [2.05, 4.69) is 73.9 Å². The molecule has 23 heavy (non-hydrogen) atoms. The Morgan fingerprint density at radius 2 is 1.78 bits per heavy atom. The van der Waals surface area contributed by atoms with Gasteiger partial charge in [0.25, 0.3) is 0 Å². The molecule has 1 aromatic carbocycles. The molecule has 0 aromatic heterocycles. The van der Waals surface area contributed by atoms with Gasteiger partial charge >= 0.3 is 0 Å². The lowest BCUT2D eigenvalue weighted by molar-refractivity contribution is 0.119. The predicted molar refractivity (Wildman–Crippen MR) is 97.2 cm³/mol. The molecule has 4 rings (SSSR count). The molecular formula is C21H28N2. The van der Waals surface area contributed by atoms with Crippen LogP contribution in [0.3, 0.4) is 0 Å². The van der Waals surface area contributed by atoms with Gasteiger partial charge < -0.3 is 9.80 Å². The first-order valence-corrected chi connectivity index (χ1v) is 9.08. The summed E-state index contributed by atoms with van der Waals surface area (Å²) in [5.41, 5.74) is 5.71. The van der Waals surface area contributed by atoms with E-state index in [4.69, 9.17) is 0 Å². The van der Waals surface area contributed by atoms with Crippen molar-refractivity contribution in [3.63, 3.8) is 0 Å². The Balaban J connectivity index is 1.75. The summed E-state index contributed by atoms with van der Waals surface area (Å²) >= 11 is 0. The van der Waals surface area contributed by atoms with Gasteiger partial charge in [-0.3, -0.25) is 0 Å². The van der Waals surface area contributed by atoms with Gasteiger partial charge in [0.05, 0.1) is 11.2 Å². The maximum absolute atomic E-state index is 2.69. The van der Waals surface area contributed by atoms with Gasteiger partial charge in [-0.05, 0) is 64.2 Å². The zero-order chi connectivity index (χ0) is 16.2. The van der Waals surface area contributed by atoms with E-state index in [0.717, 1.165) is 5.92 Å². The summed E-state index contributed by atoms with van der Waals surface area (Å²) in [5.74, 6) is 0.795. The number of rotatable bonds is 2. The first kappa shape index (κ1) is 14.9. The van der Waals surface area contributed by atoms with Gasteiger partial charge in [0, 0.05) is 11.4 Å². The molecule has 1 fully saturated rings. The Kier molecular flexibility index (Phi) is 3.33. The molecule has 2 heteroatoms. The van der Waals surface area contributed by atoms with Crippen LogP contribution in [0, 0.1) is 12.8 Å². The molecule has 2 heterocycles. The molecule has 2 aliphatic heterocycles. The van der Waals surface area contributed by atoms with Crippen LogP contribution in [0.15, 0.2) is 47.8 Å². The molecule has 0 radical (unpaired) electrons. The summed E-state index contributed by atoms with van der Waals surface area (Å²) in [5, 5.41) is 0. The quantitative estimate of drug-likeness (QED) is 0.739. The van der Waals surface area contributed by atoms with Crippen LogP contribution >= 0.6 is 0 Å². The van der Waals surface area contributed by atoms with Crippen molar-refractivity contribution in [2.45, 2.75) is 65.1 Å². The van der Waals surface area contributed by atoms with Crippen LogP contribution in [0.5, 0.6) is 0 Å². The average molecular weight is 308 g/mol. The first-order chi connectivity index (χ1) is 11.0. The Morgan fingerprint density at radius 3 is 2.48 bits per heavy atom. The van der Waals surface area contributed by atoms with Crippen molar-refractivity contribution < 1.29 is 0 Å². The van der Waals surface area contributed by atoms with Gasteiger partial charge in [-0.25, -0.2) is 0 Å². The Labute approximate surface area is 140 Å². The lowest BCUT2D eigenvalue weighted by Crippen LogP contribution is -2.51. The van der Waals surface area contributed by atoms with Gasteiger partial charge in [-0.1, -0.05) is 37.1 Å². The number of hydrogen-bond acceptors (Lipinski definition) is 2. The summed E-state index contributed by atoms with van der Waals surface area (Å²) in [4.78, 5) is 5.21. The normalized spacial score (nSPS) is 30.7. The highest BCUT2D eigenvalue weighted by Crippen LogP contribution is 2.50. The monoisotopic (exact) mass is 308 g/mol. The van der Waals surface area contributed by atoms with Crippen LogP contribution in [-0.4, -0.2) is 16.6 Å². The van der Waals surface area contributed by atoms with Gasteiger partial charge in [-0.15, -0.1) is 0 Å². The number of hydrogen-bond donors (Lipinski definition) is 0. The minimum Gasteiger partial charge on any atom is -0.340 e.